The Morgan fingerprint density at radius 3 is 1.19 bits per heavy atom. The summed E-state index contributed by atoms with van der Waals surface area (Å²) in [7, 11) is 0. The minimum atomic E-state index is -5.13. The van der Waals surface area contributed by atoms with Gasteiger partial charge in [0.05, 0.1) is 0 Å². The van der Waals surface area contributed by atoms with Gasteiger partial charge in [0.25, 0.3) is 0 Å². The molecule has 6 heterocycles. The summed E-state index contributed by atoms with van der Waals surface area (Å²) in [4.78, 5) is 134. The predicted octanol–water partition coefficient (Wildman–Crippen LogP) is 9.65. The van der Waals surface area contributed by atoms with Crippen LogP contribution in [0, 0.1) is 27.3 Å². The van der Waals surface area contributed by atoms with Crippen molar-refractivity contribution in [2.45, 2.75) is 83.7 Å². The van der Waals surface area contributed by atoms with Gasteiger partial charge in [0.1, 0.15) is 18.4 Å². The molecule has 0 radical (unpaired) electrons. The lowest BCUT2D eigenvalue weighted by Crippen LogP contribution is -2.49. The van der Waals surface area contributed by atoms with Crippen LogP contribution in [0.5, 0.6) is 0 Å². The Balaban J connectivity index is 0.000000685. The molecule has 0 aliphatic rings. The van der Waals surface area contributed by atoms with Gasteiger partial charge in [-0.2, -0.15) is 55.1 Å². The number of carbonyl (C=O) groups is 5. The number of rotatable bonds is 23. The molecule has 0 spiro atoms. The van der Waals surface area contributed by atoms with Crippen molar-refractivity contribution in [3.8, 4) is 0 Å². The highest BCUT2D eigenvalue weighted by Gasteiger charge is 2.46. The van der Waals surface area contributed by atoms with Gasteiger partial charge < -0.3 is 36.5 Å². The molecule has 3 aromatic carbocycles. The number of nitrogens with one attached hydrogen (secondary N) is 3. The van der Waals surface area contributed by atoms with Crippen molar-refractivity contribution in [3.05, 3.63) is 298 Å². The summed E-state index contributed by atoms with van der Waals surface area (Å²) < 4.78 is 72.5. The third-order valence-electron chi connectivity index (χ3n) is 13.6. The first-order chi connectivity index (χ1) is 50.8. The first-order valence-electron chi connectivity index (χ1n) is 31.8. The summed E-state index contributed by atoms with van der Waals surface area (Å²) in [5, 5.41) is 16.3. The number of pyridine rings is 6. The molecule has 24 nitrogen and oxygen atoms in total. The number of alkyl halides is 6. The average Bonchev–Trinajstić information content (AvgIpc) is 0.802. The second-order valence-corrected chi connectivity index (χ2v) is 21.6. The van der Waals surface area contributed by atoms with E-state index < -0.39 is 36.2 Å². The second-order valence-electron chi connectivity index (χ2n) is 21.6. The number of aryl methyl sites for hydroxylation is 3. The zero-order valence-corrected chi connectivity index (χ0v) is 57.9. The van der Waals surface area contributed by atoms with Crippen LogP contribution in [0.1, 0.15) is 83.6 Å². The predicted molar refractivity (Wildman–Crippen MR) is 373 cm³/mol. The largest absolute Gasteiger partial charge is 0.490 e. The van der Waals surface area contributed by atoms with Crippen molar-refractivity contribution in [2.75, 3.05) is 39.3 Å². The molecule has 106 heavy (non-hydrogen) atoms. The SMILES string of the molecule is Cc1cccc(C(C(=O)NCCc2cccnc2)N(CCc2cccnc2)C(=O)C(F)(F)F)c1.Cc1cccc(C(NCCc2cccnc2)C(=O)NCCc2cccnc2)c1.Cc1cccc(C=O)c1.NCCc1cccnc1.O=C(O)C(F)(F)F.O=C=O.O=C=O.O=C=O.[C-]#[N+]CCc1cccnc1. The number of carboxylic acids is 1. The number of aldehydes is 1. The van der Waals surface area contributed by atoms with E-state index in [2.05, 4.69) is 56.8 Å². The number of aliphatic carboxylic acids is 1. The minimum absolute atomic E-state index is 0.0133. The number of hydrogen-bond donors (Lipinski definition) is 5. The number of aromatic nitrogens is 6. The van der Waals surface area contributed by atoms with E-state index in [9.17, 15) is 45.5 Å². The van der Waals surface area contributed by atoms with Crippen LogP contribution in [0.15, 0.2) is 220 Å². The van der Waals surface area contributed by atoms with Crippen molar-refractivity contribution in [2.24, 2.45) is 5.73 Å². The molecule has 2 unspecified atom stereocenters. The Labute approximate surface area is 607 Å². The van der Waals surface area contributed by atoms with Gasteiger partial charge in [-0.3, -0.25) is 49.1 Å². The Morgan fingerprint density at radius 2 is 0.849 bits per heavy atom. The van der Waals surface area contributed by atoms with Gasteiger partial charge in [-0.1, -0.05) is 120 Å². The first-order valence-corrected chi connectivity index (χ1v) is 31.8. The Kier molecular flexibility index (Phi) is 47.3. The maximum Gasteiger partial charge on any atom is 0.490 e. The number of nitrogens with zero attached hydrogens (tertiary/aromatic N) is 8. The van der Waals surface area contributed by atoms with Gasteiger partial charge in [-0.25, -0.2) is 11.4 Å². The summed E-state index contributed by atoms with van der Waals surface area (Å²) in [6, 6.07) is 43.0. The maximum atomic E-state index is 13.6. The molecule has 0 saturated heterocycles. The molecule has 0 aliphatic heterocycles. The first kappa shape index (κ1) is 91.3. The molecular formula is C76H78F6N12O12. The highest BCUT2D eigenvalue weighted by Crippen LogP contribution is 2.29. The zero-order chi connectivity index (χ0) is 78.8. The summed E-state index contributed by atoms with van der Waals surface area (Å²) >= 11 is 0. The molecule has 0 saturated carbocycles. The highest BCUT2D eigenvalue weighted by atomic mass is 19.4. The zero-order valence-electron chi connectivity index (χ0n) is 57.9. The highest BCUT2D eigenvalue weighted by molar-refractivity contribution is 5.91. The van der Waals surface area contributed by atoms with Gasteiger partial charge in [0.2, 0.25) is 18.4 Å². The maximum absolute atomic E-state index is 13.6. The second kappa shape index (κ2) is 54.9. The van der Waals surface area contributed by atoms with Crippen LogP contribution in [0.4, 0.5) is 26.3 Å². The number of hydrogen-bond acceptors (Lipinski definition) is 19. The number of halogens is 6. The van der Waals surface area contributed by atoms with Gasteiger partial charge in [0.15, 0.2) is 0 Å². The van der Waals surface area contributed by atoms with Crippen LogP contribution >= 0.6 is 0 Å². The molecule has 9 rings (SSSR count). The van der Waals surface area contributed by atoms with E-state index in [1.807, 2.05) is 123 Å². The van der Waals surface area contributed by atoms with E-state index >= 15 is 0 Å². The fourth-order valence-corrected chi connectivity index (χ4v) is 8.88. The van der Waals surface area contributed by atoms with E-state index in [0.717, 1.165) is 82.0 Å². The van der Waals surface area contributed by atoms with Crippen LogP contribution in [0.3, 0.4) is 0 Å². The van der Waals surface area contributed by atoms with Gasteiger partial charge in [0, 0.05) is 113 Å². The van der Waals surface area contributed by atoms with E-state index in [0.29, 0.717) is 48.6 Å². The van der Waals surface area contributed by atoms with Crippen molar-refractivity contribution >= 4 is 48.4 Å². The van der Waals surface area contributed by atoms with E-state index in [-0.39, 0.29) is 49.9 Å². The number of carbonyl (C=O) groups excluding carboxylic acids is 10. The molecule has 0 fully saturated rings. The Morgan fingerprint density at radius 1 is 0.500 bits per heavy atom. The fraction of sp³-hybridized carbons (Fsp3) is 0.250. The molecule has 2 atom stereocenters. The van der Waals surface area contributed by atoms with Crippen LogP contribution in [-0.4, -0.2) is 140 Å². The number of nitrogens with two attached hydrogens (primary N) is 1. The molecule has 556 valence electrons. The topological polar surface area (TPSA) is 355 Å². The lowest BCUT2D eigenvalue weighted by Gasteiger charge is -2.32. The quantitative estimate of drug-likeness (QED) is 0.0226. The van der Waals surface area contributed by atoms with Gasteiger partial charge in [-0.05, 0) is 146 Å². The van der Waals surface area contributed by atoms with Crippen molar-refractivity contribution in [3.63, 3.8) is 0 Å². The van der Waals surface area contributed by atoms with Crippen LogP contribution in [0.2, 0.25) is 0 Å². The summed E-state index contributed by atoms with van der Waals surface area (Å²) in [6.45, 7) is 14.7. The van der Waals surface area contributed by atoms with Crippen LogP contribution in [-0.2, 0) is 86.5 Å². The molecule has 30 heteroatoms. The summed E-state index contributed by atoms with van der Waals surface area (Å²) in [6.07, 6.45) is 16.0. The Hall–Kier alpha value is -12.8. The van der Waals surface area contributed by atoms with E-state index in [1.54, 1.807) is 105 Å². The van der Waals surface area contributed by atoms with Crippen molar-refractivity contribution in [1.29, 1.82) is 0 Å². The number of amides is 3. The molecule has 9 aromatic rings. The molecule has 0 bridgehead atoms. The lowest BCUT2D eigenvalue weighted by atomic mass is 10.0. The molecule has 6 N–H and O–H groups in total. The Bertz CT molecular complexity index is 4070. The molecule has 0 aliphatic carbocycles. The van der Waals surface area contributed by atoms with E-state index in [1.165, 1.54) is 11.8 Å². The van der Waals surface area contributed by atoms with Crippen LogP contribution < -0.4 is 21.7 Å². The van der Waals surface area contributed by atoms with Crippen LogP contribution in [0.25, 0.3) is 4.85 Å². The monoisotopic (exact) mass is 1460 g/mol. The van der Waals surface area contributed by atoms with Crippen molar-refractivity contribution < 1.29 is 84.2 Å². The number of benzene rings is 3. The van der Waals surface area contributed by atoms with Gasteiger partial charge >= 0.3 is 42.7 Å². The average molecular weight is 1470 g/mol. The number of carboxylic acid groups (broad SMARTS) is 1. The van der Waals surface area contributed by atoms with Gasteiger partial charge in [-0.15, -0.1) is 0 Å². The standard InChI is InChI=1S/C25H25F3N4O2.C23H26N4O.C8H8N2.C8H8O.C7H10N2.C2HF3O2.3CO2/c1-18-5-2-8-21(15-18)22(23(33)31-13-9-19-6-3-11-29-16-19)32(24(34)25(26,27)28)14-10-20-7-4-12-30-17-20;1-18-5-2-8-21(15-18)22(26-13-9-19-6-3-11-24-16-19)23(28)27-14-10-20-7-4-12-25-17-20;1-9-6-4-8-3-2-5-10-7-8;1-7-3-2-4-8(5-7)6-9;8-4-3-7-2-1-5-9-6-7;3-2(4,5)1(6)7;3*2-1-3/h2-8,11-12,15-17,22H,9-10,13-14H2,1H3,(H,31,33);2-8,11-12,15-17,22,26H,9-10,13-14H2,1H3,(H,27,28);2-3,5,7H,4,6H2;2-6H,1H3;1-2,5-6H,3-4,8H2;(H,6,7);;;. The molecule has 6 aromatic heterocycles. The van der Waals surface area contributed by atoms with E-state index in [4.69, 9.17) is 51.0 Å². The molecule has 3 amide bonds. The normalized spacial score (nSPS) is 10.3. The smallest absolute Gasteiger partial charge is 0.475 e. The summed E-state index contributed by atoms with van der Waals surface area (Å²) in [5.74, 6) is -5.52. The fourth-order valence-electron chi connectivity index (χ4n) is 8.88. The molecular weight excluding hydrogens is 1390 g/mol. The third kappa shape index (κ3) is 41.9. The minimum Gasteiger partial charge on any atom is -0.475 e. The lowest BCUT2D eigenvalue weighted by molar-refractivity contribution is -0.193. The summed E-state index contributed by atoms with van der Waals surface area (Å²) in [5.41, 5.74) is 16.5. The van der Waals surface area contributed by atoms with Crippen molar-refractivity contribution in [1.82, 2.24) is 50.8 Å². The third-order valence-corrected chi connectivity index (χ3v) is 13.6.